The molecule has 2 saturated carbocycles. The van der Waals surface area contributed by atoms with Crippen LogP contribution in [0, 0.1) is 70.6 Å². The molecule has 1 aromatic carbocycles. The monoisotopic (exact) mass is 896 g/mol. The van der Waals surface area contributed by atoms with Crippen molar-refractivity contribution >= 4 is 17.4 Å². The first-order chi connectivity index (χ1) is 29.9. The van der Waals surface area contributed by atoms with Crippen LogP contribution in [0.4, 0.5) is 23.2 Å². The number of hydrogen-bond donors (Lipinski definition) is 2. The summed E-state index contributed by atoms with van der Waals surface area (Å²) in [7, 11) is 0. The minimum absolute atomic E-state index is 0.0162. The zero-order chi connectivity index (χ0) is 44.8. The number of nitrogens with zero attached hydrogens (tertiary/aromatic N) is 1. The Balaban J connectivity index is 1.00. The van der Waals surface area contributed by atoms with E-state index in [-0.39, 0.29) is 67.4 Å². The topological polar surface area (TPSA) is 143 Å². The van der Waals surface area contributed by atoms with Crippen molar-refractivity contribution in [2.24, 2.45) is 47.3 Å². The summed E-state index contributed by atoms with van der Waals surface area (Å²) in [5.74, 6) is -9.39. The number of aliphatic hydroxyl groups is 1. The molecular weight excluding hydrogens is 833 g/mol. The Hall–Kier alpha value is -2.48. The fourth-order valence-corrected chi connectivity index (χ4v) is 13.4. The van der Waals surface area contributed by atoms with Crippen LogP contribution in [0.5, 0.6) is 0 Å². The van der Waals surface area contributed by atoms with E-state index in [1.54, 1.807) is 0 Å². The van der Waals surface area contributed by atoms with E-state index in [1.807, 2.05) is 13.8 Å². The number of amides is 1. The molecule has 11 rings (SSSR count). The van der Waals surface area contributed by atoms with Crippen molar-refractivity contribution in [2.45, 2.75) is 172 Å². The van der Waals surface area contributed by atoms with E-state index >= 15 is 17.6 Å². The van der Waals surface area contributed by atoms with Gasteiger partial charge in [0.2, 0.25) is 17.5 Å². The van der Waals surface area contributed by atoms with Crippen molar-refractivity contribution in [3.8, 4) is 0 Å². The largest absolute Gasteiger partial charge is 0.389 e. The van der Waals surface area contributed by atoms with Crippen LogP contribution in [-0.4, -0.2) is 90.1 Å². The molecule has 352 valence electrons. The number of fused-ring (bicyclic) bond motifs is 4. The first-order valence-electron chi connectivity index (χ1n) is 23.4. The van der Waals surface area contributed by atoms with Gasteiger partial charge in [0.1, 0.15) is 18.3 Å². The van der Waals surface area contributed by atoms with E-state index in [9.17, 15) is 14.7 Å². The van der Waals surface area contributed by atoms with Crippen molar-refractivity contribution in [1.82, 2.24) is 5.32 Å². The molecule has 8 heterocycles. The molecule has 1 amide bonds. The standard InChI is InChI=1S/C46H64F4N2O11/c1-23-9-11-30-25(3)35(56-41-45(30)28(23)15-17-43(5,58-41)60-62-45)8-7-19-52(39-37(49)32(47)20-33(48)38(39)50)34(40(55)51-21-27(54)22-53)13-14-36-26(4)31-12-10-24(2)29-16-18-44(6)59-42(57-36)46(29,31)63-61-44/h20,23-26,28-31,34-36,41-42,53H,7-19,21-22H2,1-6H3,(H,51,55)/t23-,24-,25-,26-,28?,29?,30?,31?,34?,35-,36-,41-,42-,43-,44-,45-,46-/m1/s1. The second-order valence-electron chi connectivity index (χ2n) is 20.5. The average molecular weight is 897 g/mol. The first-order valence-corrected chi connectivity index (χ1v) is 23.4. The third-order valence-corrected chi connectivity index (χ3v) is 16.9. The normalized spacial score (nSPS) is 44.2. The fourth-order valence-electron chi connectivity index (χ4n) is 13.4. The number of ketones is 1. The minimum Gasteiger partial charge on any atom is -0.389 e. The van der Waals surface area contributed by atoms with Crippen molar-refractivity contribution in [3.05, 3.63) is 29.3 Å². The van der Waals surface area contributed by atoms with Gasteiger partial charge in [-0.25, -0.2) is 37.1 Å². The highest BCUT2D eigenvalue weighted by Crippen LogP contribution is 2.62. The summed E-state index contributed by atoms with van der Waals surface area (Å²) in [5, 5.41) is 12.0. The first kappa shape index (κ1) is 45.7. The maximum Gasteiger partial charge on any atom is 0.243 e. The van der Waals surface area contributed by atoms with Crippen LogP contribution in [0.25, 0.3) is 0 Å². The Kier molecular flexibility index (Phi) is 12.3. The molecule has 8 saturated heterocycles. The average Bonchev–Trinajstić information content (AvgIpc) is 3.63. The van der Waals surface area contributed by atoms with Gasteiger partial charge in [0.05, 0.1) is 18.8 Å². The van der Waals surface area contributed by atoms with Crippen LogP contribution in [0.2, 0.25) is 0 Å². The highest BCUT2D eigenvalue weighted by Gasteiger charge is 2.71. The van der Waals surface area contributed by atoms with E-state index in [0.717, 1.165) is 43.4 Å². The van der Waals surface area contributed by atoms with Crippen molar-refractivity contribution < 1.29 is 70.8 Å². The van der Waals surface area contributed by atoms with Gasteiger partial charge in [-0.2, -0.15) is 0 Å². The Bertz CT molecular complexity index is 1890. The number of carbonyl (C=O) groups excluding carboxylic acids is 2. The Labute approximate surface area is 366 Å². The molecule has 63 heavy (non-hydrogen) atoms. The van der Waals surface area contributed by atoms with Crippen molar-refractivity contribution in [1.29, 1.82) is 0 Å². The zero-order valence-corrected chi connectivity index (χ0v) is 37.2. The van der Waals surface area contributed by atoms with Crippen LogP contribution in [0.1, 0.15) is 119 Å². The van der Waals surface area contributed by atoms with Crippen LogP contribution >= 0.6 is 0 Å². The Morgan fingerprint density at radius 3 is 1.76 bits per heavy atom. The van der Waals surface area contributed by atoms with Gasteiger partial charge in [0.25, 0.3) is 0 Å². The highest BCUT2D eigenvalue weighted by molar-refractivity contribution is 5.90. The van der Waals surface area contributed by atoms with Gasteiger partial charge in [0, 0.05) is 37.3 Å². The highest BCUT2D eigenvalue weighted by atomic mass is 19.2. The molecule has 2 spiro atoms. The predicted octanol–water partition coefficient (Wildman–Crippen LogP) is 7.16. The summed E-state index contributed by atoms with van der Waals surface area (Å²) in [5.41, 5.74) is -2.69. The minimum atomic E-state index is -1.65. The zero-order valence-electron chi connectivity index (χ0n) is 37.2. The second-order valence-corrected chi connectivity index (χ2v) is 20.5. The lowest BCUT2D eigenvalue weighted by molar-refractivity contribution is -0.571. The summed E-state index contributed by atoms with van der Waals surface area (Å²) in [6.45, 7) is 10.6. The third kappa shape index (κ3) is 7.55. The number of rotatable bonds is 13. The van der Waals surface area contributed by atoms with Gasteiger partial charge in [0.15, 0.2) is 52.8 Å². The molecule has 4 bridgehead atoms. The predicted molar refractivity (Wildman–Crippen MR) is 215 cm³/mol. The molecule has 0 aromatic heterocycles. The van der Waals surface area contributed by atoms with Crippen molar-refractivity contribution in [3.63, 3.8) is 0 Å². The van der Waals surface area contributed by atoms with E-state index in [0.29, 0.717) is 31.1 Å². The third-order valence-electron chi connectivity index (χ3n) is 16.9. The maximum absolute atomic E-state index is 16.0. The van der Waals surface area contributed by atoms with Gasteiger partial charge in [-0.15, -0.1) is 0 Å². The number of ether oxygens (including phenoxy) is 4. The van der Waals surface area contributed by atoms with E-state index in [2.05, 4.69) is 33.0 Å². The summed E-state index contributed by atoms with van der Waals surface area (Å²) >= 11 is 0. The number of benzene rings is 1. The van der Waals surface area contributed by atoms with Gasteiger partial charge in [-0.1, -0.05) is 27.7 Å². The van der Waals surface area contributed by atoms with E-state index in [1.165, 1.54) is 0 Å². The Morgan fingerprint density at radius 1 is 0.746 bits per heavy atom. The summed E-state index contributed by atoms with van der Waals surface area (Å²) in [4.78, 5) is 52.2. The molecule has 8 aliphatic heterocycles. The van der Waals surface area contributed by atoms with Crippen molar-refractivity contribution in [2.75, 3.05) is 24.6 Å². The van der Waals surface area contributed by atoms with Gasteiger partial charge < -0.3 is 34.3 Å². The lowest BCUT2D eigenvalue weighted by Gasteiger charge is -2.60. The smallest absolute Gasteiger partial charge is 0.243 e. The number of Topliss-reactive ketones (excluding diaryl/α,β-unsaturated/α-hetero) is 1. The number of hydrogen-bond acceptors (Lipinski definition) is 12. The quantitative estimate of drug-likeness (QED) is 0.118. The van der Waals surface area contributed by atoms with Crippen LogP contribution in [-0.2, 0) is 48.1 Å². The Morgan fingerprint density at radius 2 is 1.25 bits per heavy atom. The maximum atomic E-state index is 16.0. The molecule has 10 aliphatic rings. The number of aliphatic hydroxyl groups excluding tert-OH is 1. The van der Waals surface area contributed by atoms with E-state index < -0.39 is 107 Å². The van der Waals surface area contributed by atoms with Gasteiger partial charge in [-0.3, -0.25) is 9.59 Å². The number of nitrogens with one attached hydrogen (secondary N) is 1. The lowest BCUT2D eigenvalue weighted by atomic mass is 9.57. The molecule has 5 unspecified atom stereocenters. The number of halogens is 4. The fraction of sp³-hybridized carbons (Fsp3) is 0.826. The second kappa shape index (κ2) is 17.0. The van der Waals surface area contributed by atoms with Crippen LogP contribution < -0.4 is 10.2 Å². The molecule has 17 atom stereocenters. The molecule has 1 aromatic rings. The molecule has 13 nitrogen and oxygen atoms in total. The van der Waals surface area contributed by atoms with Crippen LogP contribution in [0.15, 0.2) is 6.07 Å². The molecule has 0 radical (unpaired) electrons. The van der Waals surface area contributed by atoms with Gasteiger partial charge in [-0.05, 0) is 114 Å². The van der Waals surface area contributed by atoms with Gasteiger partial charge >= 0.3 is 0 Å². The number of anilines is 1. The van der Waals surface area contributed by atoms with Crippen LogP contribution in [0.3, 0.4) is 0 Å². The SMILES string of the molecule is C[C@@H]1CCC2[C@@H](C)[C@@H](CCCN(c3c(F)c(F)cc(F)c3F)C(CC[C@H]3O[C@@H]4O[C@@]5(C)CCC6[C@H](C)CCC([C@H]3C)[C@]64OO5)C(=O)NCC(=O)CO)O[C@@H]3O[C@@]4(C)CCC1[C@@]23OO4. The lowest BCUT2D eigenvalue weighted by Crippen LogP contribution is -2.70. The summed E-state index contributed by atoms with van der Waals surface area (Å²) in [6.07, 6.45) is 4.69. The molecule has 2 N–H and O–H groups in total. The summed E-state index contributed by atoms with van der Waals surface area (Å²) in [6, 6.07) is -1.31. The number of carbonyl (C=O) groups is 2. The van der Waals surface area contributed by atoms with E-state index in [4.69, 9.17) is 38.5 Å². The summed E-state index contributed by atoms with van der Waals surface area (Å²) < 4.78 is 89.0. The molecule has 2 aliphatic carbocycles. The molecular formula is C46H64F4N2O11. The molecule has 17 heteroatoms. The molecule has 10 fully saturated rings.